The number of hydrazone groups is 1. The van der Waals surface area contributed by atoms with Gasteiger partial charge in [-0.25, -0.2) is 9.80 Å². The van der Waals surface area contributed by atoms with Gasteiger partial charge in [-0.1, -0.05) is 56.3 Å². The smallest absolute Gasteiger partial charge is 0.325 e. The Hall–Kier alpha value is -3.68. The minimum Gasteiger partial charge on any atom is -0.497 e. The van der Waals surface area contributed by atoms with E-state index in [9.17, 15) is 14.4 Å². The molecule has 0 saturated carbocycles. The third-order valence-electron chi connectivity index (χ3n) is 5.88. The topological polar surface area (TPSA) is 91.3 Å². The molecule has 8 nitrogen and oxygen atoms in total. The molecule has 0 bridgehead atoms. The summed E-state index contributed by atoms with van der Waals surface area (Å²) in [4.78, 5) is 39.5. The Kier molecular flexibility index (Phi) is 6.44. The molecular weight excluding hydrogens is 420 g/mol. The Morgan fingerprint density at radius 2 is 1.82 bits per heavy atom. The highest BCUT2D eigenvalue weighted by Crippen LogP contribution is 2.34. The lowest BCUT2D eigenvalue weighted by Gasteiger charge is -2.24. The van der Waals surface area contributed by atoms with Crippen molar-refractivity contribution >= 4 is 23.6 Å². The zero-order valence-electron chi connectivity index (χ0n) is 19.0. The van der Waals surface area contributed by atoms with Crippen LogP contribution in [0.15, 0.2) is 59.7 Å². The Morgan fingerprint density at radius 3 is 2.45 bits per heavy atom. The lowest BCUT2D eigenvalue weighted by molar-refractivity contribution is -0.138. The third kappa shape index (κ3) is 4.74. The van der Waals surface area contributed by atoms with E-state index in [1.165, 1.54) is 5.01 Å². The molecule has 0 radical (unpaired) electrons. The number of rotatable bonds is 7. The van der Waals surface area contributed by atoms with Gasteiger partial charge in [0, 0.05) is 6.42 Å². The molecule has 4 amide bonds. The number of hydrogen-bond donors (Lipinski definition) is 1. The zero-order valence-corrected chi connectivity index (χ0v) is 19.0. The van der Waals surface area contributed by atoms with Gasteiger partial charge in [0.25, 0.3) is 11.8 Å². The number of nitrogens with one attached hydrogen (secondary N) is 1. The summed E-state index contributed by atoms with van der Waals surface area (Å²) < 4.78 is 5.25. The van der Waals surface area contributed by atoms with Crippen molar-refractivity contribution in [3.8, 4) is 5.75 Å². The van der Waals surface area contributed by atoms with Crippen LogP contribution in [0.1, 0.15) is 43.9 Å². The number of hydrogen-bond acceptors (Lipinski definition) is 5. The summed E-state index contributed by atoms with van der Waals surface area (Å²) in [6.45, 7) is 3.62. The number of urea groups is 1. The predicted molar refractivity (Wildman–Crippen MR) is 124 cm³/mol. The van der Waals surface area contributed by atoms with E-state index in [-0.39, 0.29) is 24.4 Å². The Bertz CT molecular complexity index is 1070. The number of nitrogens with zero attached hydrogens (tertiary/aromatic N) is 3. The Balaban J connectivity index is 1.58. The largest absolute Gasteiger partial charge is 0.497 e. The van der Waals surface area contributed by atoms with E-state index in [1.807, 2.05) is 68.4 Å². The molecule has 8 heteroatoms. The number of ether oxygens (including phenoxy) is 1. The van der Waals surface area contributed by atoms with Crippen LogP contribution in [0, 0.1) is 5.92 Å². The zero-order chi connectivity index (χ0) is 23.5. The van der Waals surface area contributed by atoms with E-state index in [4.69, 9.17) is 4.74 Å². The fraction of sp³-hybridized carbons (Fsp3) is 0.360. The van der Waals surface area contributed by atoms with E-state index in [0.717, 1.165) is 21.7 Å². The molecule has 2 aromatic rings. The molecule has 1 fully saturated rings. The van der Waals surface area contributed by atoms with E-state index in [2.05, 4.69) is 10.4 Å². The van der Waals surface area contributed by atoms with Gasteiger partial charge in [-0.15, -0.1) is 0 Å². The summed E-state index contributed by atoms with van der Waals surface area (Å²) in [5.74, 6) is 0.185. The minimum atomic E-state index is -0.593. The third-order valence-corrected chi connectivity index (χ3v) is 5.88. The first-order valence-corrected chi connectivity index (χ1v) is 11.1. The van der Waals surface area contributed by atoms with Crippen LogP contribution in [0.3, 0.4) is 0 Å². The highest BCUT2D eigenvalue weighted by molar-refractivity contribution is 6.07. The van der Waals surface area contributed by atoms with Gasteiger partial charge in [0.15, 0.2) is 0 Å². The molecule has 0 spiro atoms. The summed E-state index contributed by atoms with van der Waals surface area (Å²) in [7, 11) is 1.60. The molecule has 2 unspecified atom stereocenters. The fourth-order valence-electron chi connectivity index (χ4n) is 4.20. The molecule has 2 atom stereocenters. The van der Waals surface area contributed by atoms with Gasteiger partial charge in [0.1, 0.15) is 18.3 Å². The average Bonchev–Trinajstić information content (AvgIpc) is 3.37. The van der Waals surface area contributed by atoms with Crippen molar-refractivity contribution in [3.63, 3.8) is 0 Å². The second-order valence-corrected chi connectivity index (χ2v) is 8.70. The summed E-state index contributed by atoms with van der Waals surface area (Å²) in [5.41, 5.74) is 2.60. The molecule has 1 N–H and O–H groups in total. The first kappa shape index (κ1) is 22.5. The second kappa shape index (κ2) is 9.44. The highest BCUT2D eigenvalue weighted by atomic mass is 16.5. The van der Waals surface area contributed by atoms with E-state index in [1.54, 1.807) is 7.11 Å². The van der Waals surface area contributed by atoms with Gasteiger partial charge in [-0.3, -0.25) is 14.5 Å². The number of carbonyl (C=O) groups is 3. The average molecular weight is 449 g/mol. The van der Waals surface area contributed by atoms with Gasteiger partial charge in [0.2, 0.25) is 0 Å². The van der Waals surface area contributed by atoms with E-state index in [0.29, 0.717) is 18.6 Å². The van der Waals surface area contributed by atoms with Gasteiger partial charge in [0.05, 0.1) is 18.9 Å². The van der Waals surface area contributed by atoms with Crippen LogP contribution in [-0.2, 0) is 9.59 Å². The quantitative estimate of drug-likeness (QED) is 0.658. The van der Waals surface area contributed by atoms with E-state index >= 15 is 0 Å². The molecule has 2 aromatic carbocycles. The summed E-state index contributed by atoms with van der Waals surface area (Å²) >= 11 is 0. The van der Waals surface area contributed by atoms with Crippen LogP contribution in [0.25, 0.3) is 0 Å². The second-order valence-electron chi connectivity index (χ2n) is 8.70. The number of methoxy groups -OCH3 is 1. The van der Waals surface area contributed by atoms with Crippen LogP contribution in [-0.4, -0.2) is 53.2 Å². The molecule has 0 aromatic heterocycles. The first-order chi connectivity index (χ1) is 15.9. The van der Waals surface area contributed by atoms with Crippen LogP contribution in [0.5, 0.6) is 5.75 Å². The molecule has 4 rings (SSSR count). The molecule has 2 aliphatic rings. The van der Waals surface area contributed by atoms with Crippen LogP contribution < -0.4 is 10.1 Å². The van der Waals surface area contributed by atoms with Gasteiger partial charge in [-0.05, 0) is 35.6 Å². The summed E-state index contributed by atoms with van der Waals surface area (Å²) in [5, 5.41) is 8.71. The van der Waals surface area contributed by atoms with Crippen LogP contribution in [0.4, 0.5) is 4.79 Å². The summed E-state index contributed by atoms with van der Waals surface area (Å²) in [6.07, 6.45) is 1.06. The maximum Gasteiger partial charge on any atom is 0.325 e. The molecular formula is C25H28N4O4. The van der Waals surface area contributed by atoms with E-state index < -0.39 is 18.0 Å². The molecule has 2 aliphatic heterocycles. The van der Waals surface area contributed by atoms with Crippen LogP contribution in [0.2, 0.25) is 0 Å². The first-order valence-electron chi connectivity index (χ1n) is 11.1. The standard InChI is InChI=1S/C25H28N4O4/c1-16(2)13-21-24(31)28(25(32)26-21)15-23(30)29-22(18-9-11-19(33-3)12-10-18)14-20(27-29)17-7-5-4-6-8-17/h4-12,16,21-22H,13-15H2,1-3H3,(H,26,32). The lowest BCUT2D eigenvalue weighted by Crippen LogP contribution is -2.41. The maximum absolute atomic E-state index is 13.3. The fourth-order valence-corrected chi connectivity index (χ4v) is 4.20. The van der Waals surface area contributed by atoms with Crippen LogP contribution >= 0.6 is 0 Å². The van der Waals surface area contributed by atoms with Crippen molar-refractivity contribution in [2.24, 2.45) is 11.0 Å². The number of imide groups is 1. The Labute approximate surface area is 193 Å². The maximum atomic E-state index is 13.3. The number of benzene rings is 2. The molecule has 2 heterocycles. The normalized spacial score (nSPS) is 20.3. The van der Waals surface area contributed by atoms with Gasteiger partial charge < -0.3 is 10.1 Å². The monoisotopic (exact) mass is 448 g/mol. The van der Waals surface area contributed by atoms with Crippen molar-refractivity contribution in [3.05, 3.63) is 65.7 Å². The van der Waals surface area contributed by atoms with Crippen molar-refractivity contribution in [1.29, 1.82) is 0 Å². The highest BCUT2D eigenvalue weighted by Gasteiger charge is 2.41. The van der Waals surface area contributed by atoms with Gasteiger partial charge >= 0.3 is 6.03 Å². The predicted octanol–water partition coefficient (Wildman–Crippen LogP) is 3.34. The number of carbonyl (C=O) groups excluding carboxylic acids is 3. The molecule has 0 aliphatic carbocycles. The molecule has 33 heavy (non-hydrogen) atoms. The lowest BCUT2D eigenvalue weighted by atomic mass is 9.98. The molecule has 172 valence electrons. The number of amides is 4. The SMILES string of the molecule is COc1ccc(C2CC(c3ccccc3)=NN2C(=O)CN2C(=O)NC(CC(C)C)C2=O)cc1. The van der Waals surface area contributed by atoms with Crippen molar-refractivity contribution < 1.29 is 19.1 Å². The minimum absolute atomic E-state index is 0.242. The van der Waals surface area contributed by atoms with Crippen molar-refractivity contribution in [2.75, 3.05) is 13.7 Å². The Morgan fingerprint density at radius 1 is 1.12 bits per heavy atom. The van der Waals surface area contributed by atoms with Crippen molar-refractivity contribution in [2.45, 2.75) is 38.8 Å². The molecule has 1 saturated heterocycles. The van der Waals surface area contributed by atoms with Crippen molar-refractivity contribution in [1.82, 2.24) is 15.2 Å². The summed E-state index contributed by atoms with van der Waals surface area (Å²) in [6, 6.07) is 15.7. The van der Waals surface area contributed by atoms with Gasteiger partial charge in [-0.2, -0.15) is 5.10 Å².